The van der Waals surface area contributed by atoms with Crippen molar-refractivity contribution in [3.05, 3.63) is 71.0 Å². The van der Waals surface area contributed by atoms with Crippen molar-refractivity contribution in [1.29, 1.82) is 0 Å². The van der Waals surface area contributed by atoms with Crippen LogP contribution in [0.3, 0.4) is 0 Å². The molecule has 0 spiro atoms. The molecule has 1 aromatic heterocycles. The fourth-order valence-corrected chi connectivity index (χ4v) is 3.78. The molecule has 1 aliphatic rings. The lowest BCUT2D eigenvalue weighted by Gasteiger charge is -2.31. The van der Waals surface area contributed by atoms with E-state index < -0.39 is 0 Å². The van der Waals surface area contributed by atoms with Gasteiger partial charge in [-0.1, -0.05) is 30.3 Å². The zero-order chi connectivity index (χ0) is 19.3. The number of aromatic nitrogens is 1. The third-order valence-corrected chi connectivity index (χ3v) is 5.51. The monoisotopic (exact) mass is 440 g/mol. The van der Waals surface area contributed by atoms with Gasteiger partial charge in [0.1, 0.15) is 18.5 Å². The third kappa shape index (κ3) is 4.44. The molecular weight excluding hydrogens is 420 g/mol. The number of hydrogen-bond acceptors (Lipinski definition) is 4. The van der Waals surface area contributed by atoms with Gasteiger partial charge in [0.05, 0.1) is 4.47 Å². The molecule has 5 nitrogen and oxygen atoms in total. The molecule has 6 heteroatoms. The normalized spacial score (nSPS) is 14.8. The van der Waals surface area contributed by atoms with E-state index in [9.17, 15) is 4.79 Å². The van der Waals surface area contributed by atoms with E-state index in [1.807, 2.05) is 54.7 Å². The number of ether oxygens (including phenoxy) is 2. The zero-order valence-electron chi connectivity index (χ0n) is 15.4. The van der Waals surface area contributed by atoms with Gasteiger partial charge < -0.3 is 14.4 Å². The SMILES string of the molecule is O=C(OCc1ccccc1)N1CCC(Oc2cc3cnccc3cc2Br)CC1. The van der Waals surface area contributed by atoms with Crippen LogP contribution in [0.2, 0.25) is 0 Å². The lowest BCUT2D eigenvalue weighted by Crippen LogP contribution is -2.42. The van der Waals surface area contributed by atoms with Gasteiger partial charge >= 0.3 is 6.09 Å². The first kappa shape index (κ1) is 18.7. The van der Waals surface area contributed by atoms with E-state index in [1.165, 1.54) is 0 Å². The molecule has 1 saturated heterocycles. The fraction of sp³-hybridized carbons (Fsp3) is 0.273. The first-order chi connectivity index (χ1) is 13.7. The Labute approximate surface area is 172 Å². The Morgan fingerprint density at radius 2 is 1.89 bits per heavy atom. The maximum atomic E-state index is 12.3. The average Bonchev–Trinajstić information content (AvgIpc) is 2.74. The van der Waals surface area contributed by atoms with E-state index in [0.29, 0.717) is 19.7 Å². The molecule has 0 aliphatic carbocycles. The highest BCUT2D eigenvalue weighted by molar-refractivity contribution is 9.10. The molecule has 0 atom stereocenters. The van der Waals surface area contributed by atoms with Crippen LogP contribution >= 0.6 is 15.9 Å². The van der Waals surface area contributed by atoms with E-state index in [1.54, 1.807) is 11.1 Å². The Bertz CT molecular complexity index is 956. The van der Waals surface area contributed by atoms with Gasteiger partial charge in [0.2, 0.25) is 0 Å². The topological polar surface area (TPSA) is 51.7 Å². The summed E-state index contributed by atoms with van der Waals surface area (Å²) in [6.07, 6.45) is 4.97. The molecule has 0 saturated carbocycles. The highest BCUT2D eigenvalue weighted by atomic mass is 79.9. The number of likely N-dealkylation sites (tertiary alicyclic amines) is 1. The number of carbonyl (C=O) groups excluding carboxylic acids is 1. The van der Waals surface area contributed by atoms with Crippen LogP contribution in [0.4, 0.5) is 4.79 Å². The molecule has 2 heterocycles. The van der Waals surface area contributed by atoms with Crippen LogP contribution in [0.15, 0.2) is 65.4 Å². The predicted octanol–water partition coefficient (Wildman–Crippen LogP) is 5.18. The Balaban J connectivity index is 1.30. The number of pyridine rings is 1. The van der Waals surface area contributed by atoms with Gasteiger partial charge in [0.15, 0.2) is 0 Å². The highest BCUT2D eigenvalue weighted by Gasteiger charge is 2.25. The molecule has 0 N–H and O–H groups in total. The maximum Gasteiger partial charge on any atom is 0.410 e. The minimum Gasteiger partial charge on any atom is -0.489 e. The van der Waals surface area contributed by atoms with Crippen molar-refractivity contribution in [1.82, 2.24) is 9.88 Å². The van der Waals surface area contributed by atoms with Crippen LogP contribution in [0.25, 0.3) is 10.8 Å². The highest BCUT2D eigenvalue weighted by Crippen LogP contribution is 2.32. The summed E-state index contributed by atoms with van der Waals surface area (Å²) >= 11 is 3.59. The standard InChI is InChI=1S/C22H21BrN2O3/c23-20-12-17-6-9-24-14-18(17)13-21(20)28-19-7-10-25(11-8-19)22(26)27-15-16-4-2-1-3-5-16/h1-6,9,12-14,19H,7-8,10-11,15H2. The molecule has 0 radical (unpaired) electrons. The molecule has 0 bridgehead atoms. The van der Waals surface area contributed by atoms with Crippen molar-refractivity contribution in [3.8, 4) is 5.75 Å². The second-order valence-electron chi connectivity index (χ2n) is 6.85. The third-order valence-electron chi connectivity index (χ3n) is 4.89. The van der Waals surface area contributed by atoms with Crippen LogP contribution in [0, 0.1) is 0 Å². The molecule has 1 amide bonds. The van der Waals surface area contributed by atoms with Crippen molar-refractivity contribution < 1.29 is 14.3 Å². The van der Waals surface area contributed by atoms with Crippen LogP contribution in [0.1, 0.15) is 18.4 Å². The van der Waals surface area contributed by atoms with Gasteiger partial charge in [0.25, 0.3) is 0 Å². The Morgan fingerprint density at radius 1 is 1.11 bits per heavy atom. The van der Waals surface area contributed by atoms with E-state index >= 15 is 0 Å². The predicted molar refractivity (Wildman–Crippen MR) is 111 cm³/mol. The van der Waals surface area contributed by atoms with Crippen LogP contribution in [-0.4, -0.2) is 35.2 Å². The first-order valence-corrected chi connectivity index (χ1v) is 10.1. The summed E-state index contributed by atoms with van der Waals surface area (Å²) in [6.45, 7) is 1.56. The van der Waals surface area contributed by atoms with Gasteiger partial charge in [-0.15, -0.1) is 0 Å². The molecule has 3 aromatic rings. The number of fused-ring (bicyclic) bond motifs is 1. The second-order valence-corrected chi connectivity index (χ2v) is 7.70. The number of nitrogens with zero attached hydrogens (tertiary/aromatic N) is 2. The van der Waals surface area contributed by atoms with Crippen molar-refractivity contribution in [3.63, 3.8) is 0 Å². The minimum absolute atomic E-state index is 0.0728. The Morgan fingerprint density at radius 3 is 2.68 bits per heavy atom. The quantitative estimate of drug-likeness (QED) is 0.560. The van der Waals surface area contributed by atoms with Gasteiger partial charge in [-0.05, 0) is 45.1 Å². The number of rotatable bonds is 4. The minimum atomic E-state index is -0.264. The summed E-state index contributed by atoms with van der Waals surface area (Å²) in [6, 6.07) is 15.7. The van der Waals surface area contributed by atoms with Gasteiger partial charge in [-0.25, -0.2) is 4.79 Å². The number of carbonyl (C=O) groups is 1. The summed E-state index contributed by atoms with van der Waals surface area (Å²) in [5.74, 6) is 0.811. The average molecular weight is 441 g/mol. The fourth-order valence-electron chi connectivity index (χ4n) is 3.32. The number of benzene rings is 2. The van der Waals surface area contributed by atoms with E-state index in [4.69, 9.17) is 9.47 Å². The largest absolute Gasteiger partial charge is 0.489 e. The van der Waals surface area contributed by atoms with E-state index in [-0.39, 0.29) is 12.2 Å². The molecule has 2 aromatic carbocycles. The lowest BCUT2D eigenvalue weighted by molar-refractivity contribution is 0.0637. The van der Waals surface area contributed by atoms with Crippen LogP contribution in [0.5, 0.6) is 5.75 Å². The zero-order valence-corrected chi connectivity index (χ0v) is 17.0. The maximum absolute atomic E-state index is 12.3. The summed E-state index contributed by atoms with van der Waals surface area (Å²) in [4.78, 5) is 18.2. The molecule has 144 valence electrons. The summed E-state index contributed by atoms with van der Waals surface area (Å²) in [5.41, 5.74) is 0.990. The van der Waals surface area contributed by atoms with Crippen molar-refractivity contribution in [2.75, 3.05) is 13.1 Å². The number of hydrogen-bond donors (Lipinski definition) is 0. The van der Waals surface area contributed by atoms with E-state index in [0.717, 1.165) is 39.4 Å². The Kier molecular flexibility index (Phi) is 5.76. The number of piperidine rings is 1. The van der Waals surface area contributed by atoms with Crippen molar-refractivity contribution >= 4 is 32.8 Å². The molecule has 1 aliphatic heterocycles. The van der Waals surface area contributed by atoms with Crippen LogP contribution < -0.4 is 4.74 Å². The molecule has 28 heavy (non-hydrogen) atoms. The van der Waals surface area contributed by atoms with Gasteiger partial charge in [-0.2, -0.15) is 0 Å². The Hall–Kier alpha value is -2.60. The molecule has 4 rings (SSSR count). The lowest BCUT2D eigenvalue weighted by atomic mass is 10.1. The summed E-state index contributed by atoms with van der Waals surface area (Å²) in [5, 5.41) is 2.16. The first-order valence-electron chi connectivity index (χ1n) is 9.34. The number of amides is 1. The van der Waals surface area contributed by atoms with Gasteiger partial charge in [-0.3, -0.25) is 4.98 Å². The second kappa shape index (κ2) is 8.61. The smallest absolute Gasteiger partial charge is 0.410 e. The molecule has 1 fully saturated rings. The summed E-state index contributed by atoms with van der Waals surface area (Å²) in [7, 11) is 0. The van der Waals surface area contributed by atoms with Crippen LogP contribution in [-0.2, 0) is 11.3 Å². The number of halogens is 1. The van der Waals surface area contributed by atoms with Crippen molar-refractivity contribution in [2.24, 2.45) is 0 Å². The summed E-state index contributed by atoms with van der Waals surface area (Å²) < 4.78 is 12.5. The van der Waals surface area contributed by atoms with Crippen molar-refractivity contribution in [2.45, 2.75) is 25.6 Å². The van der Waals surface area contributed by atoms with Gasteiger partial charge in [0, 0.05) is 43.7 Å². The van der Waals surface area contributed by atoms with E-state index in [2.05, 4.69) is 20.9 Å². The molecule has 0 unspecified atom stereocenters. The molecular formula is C22H21BrN2O3.